The van der Waals surface area contributed by atoms with Crippen molar-refractivity contribution in [3.8, 4) is 5.75 Å². The molecular weight excluding hydrogens is 379 g/mol. The van der Waals surface area contributed by atoms with Gasteiger partial charge in [0, 0.05) is 31.9 Å². The maximum atomic E-state index is 10.4. The first-order valence-corrected chi connectivity index (χ1v) is 9.66. The smallest absolute Gasteiger partial charge is 0.139 e. The topological polar surface area (TPSA) is 26.7 Å². The van der Waals surface area contributed by atoms with Gasteiger partial charge in [-0.2, -0.15) is 0 Å². The first-order valence-electron chi connectivity index (χ1n) is 9.66. The second-order valence-corrected chi connectivity index (χ2v) is 7.49. The minimum Gasteiger partial charge on any atom is -0.506 e. The Morgan fingerprint density at radius 2 is 1.48 bits per heavy atom. The van der Waals surface area contributed by atoms with E-state index in [0.29, 0.717) is 5.75 Å². The van der Waals surface area contributed by atoms with Crippen LogP contribution < -0.4 is 9.80 Å². The summed E-state index contributed by atoms with van der Waals surface area (Å²) >= 11 is 0. The molecule has 2 heterocycles. The summed E-state index contributed by atoms with van der Waals surface area (Å²) in [4.78, 5) is 4.81. The molecule has 1 N–H and O–H groups in total. The summed E-state index contributed by atoms with van der Waals surface area (Å²) in [5.41, 5.74) is 3.72. The van der Waals surface area contributed by atoms with Crippen LogP contribution in [0.4, 0.5) is 11.4 Å². The van der Waals surface area contributed by atoms with E-state index >= 15 is 0 Å². The molecule has 0 aliphatic carbocycles. The molecule has 0 aromatic heterocycles. The SMILES string of the molecule is Cl.Cl.Oc1ccc(N2CCCC2)cc1N1CCC(Cc2ccccc2)CC1. The highest BCUT2D eigenvalue weighted by atomic mass is 35.5. The van der Waals surface area contributed by atoms with Crippen molar-refractivity contribution in [2.45, 2.75) is 32.1 Å². The largest absolute Gasteiger partial charge is 0.506 e. The zero-order valence-electron chi connectivity index (χ0n) is 15.7. The van der Waals surface area contributed by atoms with Gasteiger partial charge in [0.1, 0.15) is 5.75 Å². The molecule has 2 aromatic carbocycles. The Morgan fingerprint density at radius 3 is 2.15 bits per heavy atom. The molecular formula is C22H30Cl2N2O. The number of hydrogen-bond donors (Lipinski definition) is 1. The van der Waals surface area contributed by atoms with Gasteiger partial charge < -0.3 is 14.9 Å². The molecule has 2 aliphatic rings. The number of nitrogens with zero attached hydrogens (tertiary/aromatic N) is 2. The molecule has 0 atom stereocenters. The molecule has 0 saturated carbocycles. The van der Waals surface area contributed by atoms with E-state index in [4.69, 9.17) is 0 Å². The fourth-order valence-corrected chi connectivity index (χ4v) is 4.26. The van der Waals surface area contributed by atoms with E-state index in [1.165, 1.54) is 43.4 Å². The number of aromatic hydroxyl groups is 1. The van der Waals surface area contributed by atoms with Crippen LogP contribution in [0.1, 0.15) is 31.2 Å². The standard InChI is InChI=1S/C22H28N2O.2ClH/c25-22-9-8-20(23-12-4-5-13-23)17-21(22)24-14-10-19(11-15-24)16-18-6-2-1-3-7-18;;/h1-3,6-9,17,19,25H,4-5,10-16H2;2*1H. The molecule has 4 rings (SSSR count). The van der Waals surface area contributed by atoms with E-state index in [1.807, 2.05) is 6.07 Å². The van der Waals surface area contributed by atoms with Crippen molar-refractivity contribution in [2.75, 3.05) is 36.0 Å². The molecule has 2 aliphatic heterocycles. The van der Waals surface area contributed by atoms with E-state index in [-0.39, 0.29) is 24.8 Å². The lowest BCUT2D eigenvalue weighted by atomic mass is 9.90. The van der Waals surface area contributed by atoms with Crippen molar-refractivity contribution in [3.05, 3.63) is 54.1 Å². The van der Waals surface area contributed by atoms with E-state index < -0.39 is 0 Å². The third kappa shape index (κ3) is 5.24. The summed E-state index contributed by atoms with van der Waals surface area (Å²) in [5.74, 6) is 1.17. The maximum absolute atomic E-state index is 10.4. The number of phenolic OH excluding ortho intramolecular Hbond substituents is 1. The van der Waals surface area contributed by atoms with Crippen LogP contribution in [0.25, 0.3) is 0 Å². The monoisotopic (exact) mass is 408 g/mol. The first-order chi connectivity index (χ1) is 12.3. The Morgan fingerprint density at radius 1 is 0.815 bits per heavy atom. The van der Waals surface area contributed by atoms with Crippen LogP contribution in [0.15, 0.2) is 48.5 Å². The van der Waals surface area contributed by atoms with E-state index in [9.17, 15) is 5.11 Å². The Kier molecular flexibility index (Phi) is 8.12. The lowest BCUT2D eigenvalue weighted by Crippen LogP contribution is -2.34. The number of anilines is 2. The molecule has 0 unspecified atom stereocenters. The molecule has 0 spiro atoms. The lowest BCUT2D eigenvalue weighted by molar-refractivity contribution is 0.399. The van der Waals surface area contributed by atoms with Crippen molar-refractivity contribution in [1.29, 1.82) is 0 Å². The molecule has 5 heteroatoms. The van der Waals surface area contributed by atoms with Crippen molar-refractivity contribution in [2.24, 2.45) is 5.92 Å². The summed E-state index contributed by atoms with van der Waals surface area (Å²) in [7, 11) is 0. The van der Waals surface area contributed by atoms with Gasteiger partial charge in [0.15, 0.2) is 0 Å². The molecule has 148 valence electrons. The van der Waals surface area contributed by atoms with Crippen LogP contribution in [0.5, 0.6) is 5.75 Å². The van der Waals surface area contributed by atoms with Gasteiger partial charge in [0.05, 0.1) is 5.69 Å². The van der Waals surface area contributed by atoms with Gasteiger partial charge in [-0.25, -0.2) is 0 Å². The Hall–Kier alpha value is -1.58. The molecule has 2 aromatic rings. The summed E-state index contributed by atoms with van der Waals surface area (Å²) in [6.07, 6.45) is 6.13. The Bertz CT molecular complexity index is 697. The van der Waals surface area contributed by atoms with Gasteiger partial charge >= 0.3 is 0 Å². The fourth-order valence-electron chi connectivity index (χ4n) is 4.26. The summed E-state index contributed by atoms with van der Waals surface area (Å²) in [5, 5.41) is 10.4. The quantitative estimate of drug-likeness (QED) is 0.743. The zero-order valence-corrected chi connectivity index (χ0v) is 17.4. The predicted molar refractivity (Wildman–Crippen MR) is 119 cm³/mol. The minimum atomic E-state index is 0. The number of phenols is 1. The van der Waals surface area contributed by atoms with E-state index in [0.717, 1.165) is 37.8 Å². The van der Waals surface area contributed by atoms with Gasteiger partial charge in [-0.3, -0.25) is 0 Å². The average molecular weight is 409 g/mol. The number of halogens is 2. The first kappa shape index (κ1) is 21.7. The third-order valence-corrected chi connectivity index (χ3v) is 5.75. The molecule has 2 saturated heterocycles. The van der Waals surface area contributed by atoms with E-state index in [2.05, 4.69) is 52.3 Å². The van der Waals surface area contributed by atoms with Crippen molar-refractivity contribution in [3.63, 3.8) is 0 Å². The second-order valence-electron chi connectivity index (χ2n) is 7.49. The second kappa shape index (κ2) is 10.1. The van der Waals surface area contributed by atoms with Crippen molar-refractivity contribution < 1.29 is 5.11 Å². The number of hydrogen-bond acceptors (Lipinski definition) is 3. The van der Waals surface area contributed by atoms with Gasteiger partial charge in [0.25, 0.3) is 0 Å². The highest BCUT2D eigenvalue weighted by Crippen LogP contribution is 2.35. The van der Waals surface area contributed by atoms with Crippen molar-refractivity contribution in [1.82, 2.24) is 0 Å². The highest BCUT2D eigenvalue weighted by molar-refractivity contribution is 5.85. The molecule has 0 amide bonds. The van der Waals surface area contributed by atoms with Crippen LogP contribution >= 0.6 is 24.8 Å². The van der Waals surface area contributed by atoms with E-state index in [1.54, 1.807) is 0 Å². The molecule has 27 heavy (non-hydrogen) atoms. The van der Waals surface area contributed by atoms with Gasteiger partial charge in [-0.1, -0.05) is 30.3 Å². The van der Waals surface area contributed by atoms with Crippen LogP contribution in [0.3, 0.4) is 0 Å². The van der Waals surface area contributed by atoms with Crippen LogP contribution in [0.2, 0.25) is 0 Å². The fraction of sp³-hybridized carbons (Fsp3) is 0.455. The maximum Gasteiger partial charge on any atom is 0.139 e. The van der Waals surface area contributed by atoms with Gasteiger partial charge in [-0.15, -0.1) is 24.8 Å². The zero-order chi connectivity index (χ0) is 17.1. The number of benzene rings is 2. The third-order valence-electron chi connectivity index (χ3n) is 5.75. The molecule has 0 bridgehead atoms. The van der Waals surface area contributed by atoms with Gasteiger partial charge in [-0.05, 0) is 61.8 Å². The summed E-state index contributed by atoms with van der Waals surface area (Å²) in [6.45, 7) is 4.36. The highest BCUT2D eigenvalue weighted by Gasteiger charge is 2.22. The minimum absolute atomic E-state index is 0. The normalized spacial score (nSPS) is 17.3. The summed E-state index contributed by atoms with van der Waals surface area (Å²) in [6, 6.07) is 16.9. The molecule has 3 nitrogen and oxygen atoms in total. The lowest BCUT2D eigenvalue weighted by Gasteiger charge is -2.34. The van der Waals surface area contributed by atoms with Crippen LogP contribution in [-0.4, -0.2) is 31.3 Å². The van der Waals surface area contributed by atoms with Gasteiger partial charge in [0.2, 0.25) is 0 Å². The van der Waals surface area contributed by atoms with Crippen LogP contribution in [0, 0.1) is 5.92 Å². The number of piperidine rings is 1. The summed E-state index contributed by atoms with van der Waals surface area (Å²) < 4.78 is 0. The number of rotatable bonds is 4. The Labute approximate surface area is 175 Å². The predicted octanol–water partition coefficient (Wildman–Crippen LogP) is 5.30. The molecule has 0 radical (unpaired) electrons. The average Bonchev–Trinajstić information content (AvgIpc) is 3.19. The van der Waals surface area contributed by atoms with Crippen molar-refractivity contribution >= 4 is 36.2 Å². The molecule has 2 fully saturated rings. The Balaban J connectivity index is 0.00000131. The van der Waals surface area contributed by atoms with Crippen LogP contribution in [-0.2, 0) is 6.42 Å².